The lowest BCUT2D eigenvalue weighted by molar-refractivity contribution is 0.0874. The van der Waals surface area contributed by atoms with Crippen molar-refractivity contribution in [3.05, 3.63) is 0 Å². The molecule has 0 aromatic heterocycles. The first-order valence-corrected chi connectivity index (χ1v) is 8.16. The minimum Gasteiger partial charge on any atom is -0.316 e. The molecule has 0 amide bonds. The first kappa shape index (κ1) is 16.9. The van der Waals surface area contributed by atoms with E-state index in [1.54, 1.807) is 0 Å². The van der Waals surface area contributed by atoms with Crippen LogP contribution in [0.2, 0.25) is 0 Å². The van der Waals surface area contributed by atoms with Crippen molar-refractivity contribution >= 4 is 0 Å². The Balaban J connectivity index is 2.47. The molecule has 3 nitrogen and oxygen atoms in total. The highest BCUT2D eigenvalue weighted by Crippen LogP contribution is 2.28. The van der Waals surface area contributed by atoms with Crippen molar-refractivity contribution in [1.29, 1.82) is 0 Å². The van der Waals surface area contributed by atoms with Crippen molar-refractivity contribution < 1.29 is 0 Å². The second-order valence-corrected chi connectivity index (χ2v) is 6.46. The van der Waals surface area contributed by atoms with E-state index in [0.29, 0.717) is 5.41 Å². The molecule has 1 heterocycles. The van der Waals surface area contributed by atoms with Gasteiger partial charge >= 0.3 is 0 Å². The van der Waals surface area contributed by atoms with Crippen LogP contribution in [0.4, 0.5) is 0 Å². The van der Waals surface area contributed by atoms with Crippen molar-refractivity contribution in [2.24, 2.45) is 5.41 Å². The Morgan fingerprint density at radius 3 is 2.11 bits per heavy atom. The van der Waals surface area contributed by atoms with Crippen LogP contribution in [0.25, 0.3) is 0 Å². The minimum absolute atomic E-state index is 0.473. The maximum atomic E-state index is 3.57. The topological polar surface area (TPSA) is 18.5 Å². The van der Waals surface area contributed by atoms with Crippen molar-refractivity contribution in [2.45, 2.75) is 52.5 Å². The second-order valence-electron chi connectivity index (χ2n) is 6.46. The van der Waals surface area contributed by atoms with Crippen molar-refractivity contribution in [3.63, 3.8) is 0 Å². The van der Waals surface area contributed by atoms with E-state index in [0.717, 1.165) is 12.6 Å². The van der Waals surface area contributed by atoms with Gasteiger partial charge in [0.25, 0.3) is 0 Å². The molecule has 0 saturated carbocycles. The van der Waals surface area contributed by atoms with Gasteiger partial charge in [0.15, 0.2) is 0 Å². The number of nitrogens with zero attached hydrogens (tertiary/aromatic N) is 2. The van der Waals surface area contributed by atoms with Crippen LogP contribution in [-0.2, 0) is 0 Å². The molecule has 0 spiro atoms. The summed E-state index contributed by atoms with van der Waals surface area (Å²) in [5, 5.41) is 3.57. The molecule has 0 unspecified atom stereocenters. The number of hydrogen-bond donors (Lipinski definition) is 1. The van der Waals surface area contributed by atoms with E-state index in [2.05, 4.69) is 50.0 Å². The summed E-state index contributed by atoms with van der Waals surface area (Å²) in [6.45, 7) is 13.0. The summed E-state index contributed by atoms with van der Waals surface area (Å²) < 4.78 is 0. The normalized spacial score (nSPS) is 19.3. The van der Waals surface area contributed by atoms with Gasteiger partial charge in [0.05, 0.1) is 0 Å². The van der Waals surface area contributed by atoms with Crippen molar-refractivity contribution in [3.8, 4) is 0 Å². The Kier molecular flexibility index (Phi) is 7.33. The maximum Gasteiger partial charge on any atom is 0.0113 e. The highest BCUT2D eigenvalue weighted by Gasteiger charge is 2.30. The van der Waals surface area contributed by atoms with Crippen LogP contribution in [0, 0.1) is 5.41 Å². The van der Waals surface area contributed by atoms with Gasteiger partial charge in [0.1, 0.15) is 0 Å². The molecule has 114 valence electrons. The van der Waals surface area contributed by atoms with Gasteiger partial charge in [-0.25, -0.2) is 0 Å². The minimum atomic E-state index is 0.473. The van der Waals surface area contributed by atoms with Crippen molar-refractivity contribution in [2.75, 3.05) is 46.8 Å². The molecule has 0 aromatic carbocycles. The molecule has 1 fully saturated rings. The Morgan fingerprint density at radius 2 is 1.68 bits per heavy atom. The van der Waals surface area contributed by atoms with Gasteiger partial charge in [0.2, 0.25) is 0 Å². The summed E-state index contributed by atoms with van der Waals surface area (Å²) in [5.74, 6) is 0. The summed E-state index contributed by atoms with van der Waals surface area (Å²) in [4.78, 5) is 5.09. The Morgan fingerprint density at radius 1 is 1.11 bits per heavy atom. The van der Waals surface area contributed by atoms with Crippen LogP contribution >= 0.6 is 0 Å². The number of hydrogen-bond acceptors (Lipinski definition) is 3. The summed E-state index contributed by atoms with van der Waals surface area (Å²) in [6, 6.07) is 0.794. The average Bonchev–Trinajstić information content (AvgIpc) is 2.44. The van der Waals surface area contributed by atoms with Gasteiger partial charge in [-0.1, -0.05) is 20.8 Å². The summed E-state index contributed by atoms with van der Waals surface area (Å²) >= 11 is 0. The zero-order valence-electron chi connectivity index (χ0n) is 13.8. The highest BCUT2D eigenvalue weighted by molar-refractivity contribution is 4.86. The van der Waals surface area contributed by atoms with Crippen LogP contribution in [0.1, 0.15) is 46.5 Å². The summed E-state index contributed by atoms with van der Waals surface area (Å²) in [7, 11) is 4.43. The molecular weight excluding hydrogens is 234 g/mol. The Hall–Kier alpha value is -0.120. The van der Waals surface area contributed by atoms with Gasteiger partial charge in [0, 0.05) is 19.1 Å². The lowest BCUT2D eigenvalue weighted by Gasteiger charge is -2.41. The Bertz CT molecular complexity index is 228. The van der Waals surface area contributed by atoms with E-state index in [4.69, 9.17) is 0 Å². The highest BCUT2D eigenvalue weighted by atomic mass is 15.2. The molecule has 1 aliphatic rings. The van der Waals surface area contributed by atoms with Gasteiger partial charge in [-0.05, 0) is 64.8 Å². The number of likely N-dealkylation sites (tertiary alicyclic amines) is 1. The molecule has 1 saturated heterocycles. The molecule has 1 rings (SSSR count). The third-order valence-electron chi connectivity index (χ3n) is 5.10. The fourth-order valence-electron chi connectivity index (χ4n) is 3.24. The predicted molar refractivity (Wildman–Crippen MR) is 84.7 cm³/mol. The summed E-state index contributed by atoms with van der Waals surface area (Å²) in [6.07, 6.45) is 5.23. The monoisotopic (exact) mass is 269 g/mol. The lowest BCUT2D eigenvalue weighted by Crippen LogP contribution is -2.48. The van der Waals surface area contributed by atoms with E-state index >= 15 is 0 Å². The van der Waals surface area contributed by atoms with Crippen LogP contribution in [-0.4, -0.2) is 62.7 Å². The van der Waals surface area contributed by atoms with Crippen LogP contribution in [0.3, 0.4) is 0 Å². The van der Waals surface area contributed by atoms with E-state index in [9.17, 15) is 0 Å². The van der Waals surface area contributed by atoms with E-state index in [1.807, 2.05) is 0 Å². The van der Waals surface area contributed by atoms with Gasteiger partial charge in [-0.15, -0.1) is 0 Å². The van der Waals surface area contributed by atoms with Crippen LogP contribution < -0.4 is 5.32 Å². The largest absolute Gasteiger partial charge is 0.316 e. The zero-order chi connectivity index (χ0) is 14.3. The number of rotatable bonds is 8. The molecule has 1 aliphatic heterocycles. The molecule has 1 N–H and O–H groups in total. The molecule has 0 bridgehead atoms. The van der Waals surface area contributed by atoms with Gasteiger partial charge in [-0.2, -0.15) is 0 Å². The molecule has 19 heavy (non-hydrogen) atoms. The Labute approximate surface area is 120 Å². The third-order valence-corrected chi connectivity index (χ3v) is 5.10. The average molecular weight is 269 g/mol. The van der Waals surface area contributed by atoms with E-state index < -0.39 is 0 Å². The molecule has 0 atom stereocenters. The van der Waals surface area contributed by atoms with Gasteiger partial charge in [-0.3, -0.25) is 0 Å². The van der Waals surface area contributed by atoms with E-state index in [1.165, 1.54) is 51.9 Å². The first-order valence-electron chi connectivity index (χ1n) is 8.16. The molecular formula is C16H35N3. The fourth-order valence-corrected chi connectivity index (χ4v) is 3.24. The smallest absolute Gasteiger partial charge is 0.0113 e. The SMILES string of the molecule is CCNCC(CC)(CC)CN1CCC(N(C)C)CC1. The molecule has 0 radical (unpaired) electrons. The van der Waals surface area contributed by atoms with Gasteiger partial charge < -0.3 is 15.1 Å². The zero-order valence-corrected chi connectivity index (χ0v) is 13.8. The second kappa shape index (κ2) is 8.23. The molecule has 0 aromatic rings. The first-order chi connectivity index (χ1) is 9.06. The quantitative estimate of drug-likeness (QED) is 0.730. The number of piperidine rings is 1. The standard InChI is InChI=1S/C16H35N3/c1-6-16(7-2,13-17-8-3)14-19-11-9-15(10-12-19)18(4)5/h15,17H,6-14H2,1-5H3. The fraction of sp³-hybridized carbons (Fsp3) is 1.00. The third kappa shape index (κ3) is 5.05. The molecule has 3 heteroatoms. The lowest BCUT2D eigenvalue weighted by atomic mass is 9.81. The predicted octanol–water partition coefficient (Wildman–Crippen LogP) is 2.43. The van der Waals surface area contributed by atoms with Crippen LogP contribution in [0.5, 0.6) is 0 Å². The van der Waals surface area contributed by atoms with Crippen molar-refractivity contribution in [1.82, 2.24) is 15.1 Å². The van der Waals surface area contributed by atoms with Crippen LogP contribution in [0.15, 0.2) is 0 Å². The number of nitrogens with one attached hydrogen (secondary N) is 1. The molecule has 0 aliphatic carbocycles. The maximum absolute atomic E-state index is 3.57. The summed E-state index contributed by atoms with van der Waals surface area (Å²) in [5.41, 5.74) is 0.473. The van der Waals surface area contributed by atoms with E-state index in [-0.39, 0.29) is 0 Å².